The van der Waals surface area contributed by atoms with Gasteiger partial charge in [0.15, 0.2) is 0 Å². The van der Waals surface area contributed by atoms with Crippen LogP contribution in [0.2, 0.25) is 0 Å². The van der Waals surface area contributed by atoms with Gasteiger partial charge in [-0.1, -0.05) is 90.9 Å². The van der Waals surface area contributed by atoms with Crippen LogP contribution < -0.4 is 4.74 Å². The minimum atomic E-state index is -0.199. The third kappa shape index (κ3) is 10.9. The quantitative estimate of drug-likeness (QED) is 0.157. The Kier molecular flexibility index (Phi) is 16.0. The molecule has 32 heavy (non-hydrogen) atoms. The molecule has 0 aromatic heterocycles. The van der Waals surface area contributed by atoms with E-state index in [1.165, 1.54) is 77.0 Å². The Hall–Kier alpha value is -1.51. The van der Waals surface area contributed by atoms with Gasteiger partial charge in [0.25, 0.3) is 0 Å². The summed E-state index contributed by atoms with van der Waals surface area (Å²) in [6.45, 7) is 11.7. The summed E-state index contributed by atoms with van der Waals surface area (Å²) in [5.41, 5.74) is 4.01. The molecule has 0 unspecified atom stereocenters. The van der Waals surface area contributed by atoms with Crippen LogP contribution >= 0.6 is 0 Å². The van der Waals surface area contributed by atoms with Crippen molar-refractivity contribution in [2.24, 2.45) is 0 Å². The molecule has 1 aromatic carbocycles. The maximum atomic E-state index is 12.6. The number of ether oxygens (including phenoxy) is 2. The second-order valence-electron chi connectivity index (χ2n) is 9.24. The van der Waals surface area contributed by atoms with E-state index in [9.17, 15) is 4.79 Å². The van der Waals surface area contributed by atoms with E-state index in [1.807, 2.05) is 19.9 Å². The zero-order valence-corrected chi connectivity index (χ0v) is 21.8. The lowest BCUT2D eigenvalue weighted by Crippen LogP contribution is -2.12. The monoisotopic (exact) mass is 446 g/mol. The Morgan fingerprint density at radius 3 is 1.84 bits per heavy atom. The van der Waals surface area contributed by atoms with E-state index in [-0.39, 0.29) is 5.97 Å². The van der Waals surface area contributed by atoms with Gasteiger partial charge in [0.05, 0.1) is 18.8 Å². The molecule has 0 saturated heterocycles. The number of carbonyl (C=O) groups excluding carboxylic acids is 1. The van der Waals surface area contributed by atoms with Crippen molar-refractivity contribution in [2.45, 2.75) is 131 Å². The summed E-state index contributed by atoms with van der Waals surface area (Å²) in [4.78, 5) is 12.6. The topological polar surface area (TPSA) is 35.5 Å². The summed E-state index contributed by atoms with van der Waals surface area (Å²) in [5, 5.41) is 0. The fourth-order valence-corrected chi connectivity index (χ4v) is 4.43. The summed E-state index contributed by atoms with van der Waals surface area (Å²) in [5.74, 6) is 0.770. The molecule has 0 aliphatic carbocycles. The van der Waals surface area contributed by atoms with Gasteiger partial charge in [-0.2, -0.15) is 0 Å². The minimum Gasteiger partial charge on any atom is -0.493 e. The largest absolute Gasteiger partial charge is 0.493 e. The first-order chi connectivity index (χ1) is 15.6. The summed E-state index contributed by atoms with van der Waals surface area (Å²) in [6.07, 6.45) is 18.9. The van der Waals surface area contributed by atoms with Crippen LogP contribution in [0.5, 0.6) is 5.75 Å². The molecule has 0 radical (unpaired) electrons. The number of hydrogen-bond donors (Lipinski definition) is 0. The normalized spacial score (nSPS) is 11.0. The van der Waals surface area contributed by atoms with Crippen molar-refractivity contribution in [2.75, 3.05) is 13.2 Å². The molecule has 0 amide bonds. The average molecular weight is 447 g/mol. The van der Waals surface area contributed by atoms with E-state index < -0.39 is 0 Å². The molecule has 1 aromatic rings. The molecule has 1 rings (SSSR count). The second-order valence-corrected chi connectivity index (χ2v) is 9.24. The highest BCUT2D eigenvalue weighted by molar-refractivity contribution is 5.92. The van der Waals surface area contributed by atoms with Crippen LogP contribution in [0.4, 0.5) is 0 Å². The lowest BCUT2D eigenvalue weighted by atomic mass is 9.93. The van der Waals surface area contributed by atoms with Crippen LogP contribution in [0, 0.1) is 13.8 Å². The van der Waals surface area contributed by atoms with Crippen LogP contribution in [-0.4, -0.2) is 19.2 Å². The average Bonchev–Trinajstić information content (AvgIpc) is 2.78. The molecule has 3 heteroatoms. The molecule has 184 valence electrons. The Balaban J connectivity index is 2.66. The van der Waals surface area contributed by atoms with Gasteiger partial charge >= 0.3 is 5.97 Å². The molecule has 0 heterocycles. The van der Waals surface area contributed by atoms with E-state index in [4.69, 9.17) is 9.47 Å². The van der Waals surface area contributed by atoms with Crippen LogP contribution in [0.3, 0.4) is 0 Å². The van der Waals surface area contributed by atoms with Crippen LogP contribution in [0.15, 0.2) is 6.07 Å². The first-order valence-corrected chi connectivity index (χ1v) is 13.5. The predicted molar refractivity (Wildman–Crippen MR) is 137 cm³/mol. The Morgan fingerprint density at radius 1 is 0.750 bits per heavy atom. The summed E-state index contributed by atoms with van der Waals surface area (Å²) in [6, 6.07) is 1.98. The van der Waals surface area contributed by atoms with Crippen molar-refractivity contribution < 1.29 is 14.3 Å². The number of unbranched alkanes of at least 4 members (excludes halogenated alkanes) is 12. The number of esters is 1. The van der Waals surface area contributed by atoms with E-state index in [0.29, 0.717) is 6.61 Å². The van der Waals surface area contributed by atoms with E-state index >= 15 is 0 Å². The van der Waals surface area contributed by atoms with Crippen molar-refractivity contribution in [3.8, 4) is 5.75 Å². The molecule has 0 N–H and O–H groups in total. The first-order valence-electron chi connectivity index (χ1n) is 13.5. The lowest BCUT2D eigenvalue weighted by Gasteiger charge is -2.19. The van der Waals surface area contributed by atoms with Crippen molar-refractivity contribution in [1.82, 2.24) is 0 Å². The van der Waals surface area contributed by atoms with E-state index in [0.717, 1.165) is 53.9 Å². The molecule has 0 aliphatic rings. The first kappa shape index (κ1) is 28.5. The molecular weight excluding hydrogens is 396 g/mol. The fourth-order valence-electron chi connectivity index (χ4n) is 4.43. The number of benzene rings is 1. The van der Waals surface area contributed by atoms with Crippen LogP contribution in [0.1, 0.15) is 138 Å². The Morgan fingerprint density at radius 2 is 1.28 bits per heavy atom. The highest BCUT2D eigenvalue weighted by Crippen LogP contribution is 2.31. The third-order valence-corrected chi connectivity index (χ3v) is 6.36. The standard InChI is InChI=1S/C29H50O3/c1-6-9-11-13-14-15-16-17-18-19-21-26-25(5)28(32-22-20-12-10-7-2)24(4)23-27(26)29(30)31-8-3/h23H,6-22H2,1-5H3. The van der Waals surface area contributed by atoms with Crippen LogP contribution in [-0.2, 0) is 11.2 Å². The Labute approximate surface area is 198 Å². The molecule has 0 fully saturated rings. The number of aryl methyl sites for hydroxylation is 1. The zero-order chi connectivity index (χ0) is 23.6. The summed E-state index contributed by atoms with van der Waals surface area (Å²) >= 11 is 0. The molecular formula is C29H50O3. The second kappa shape index (κ2) is 18.0. The molecule has 0 bridgehead atoms. The number of hydrogen-bond acceptors (Lipinski definition) is 3. The molecule has 0 spiro atoms. The highest BCUT2D eigenvalue weighted by Gasteiger charge is 2.19. The van der Waals surface area contributed by atoms with Crippen molar-refractivity contribution in [1.29, 1.82) is 0 Å². The summed E-state index contributed by atoms with van der Waals surface area (Å²) in [7, 11) is 0. The van der Waals surface area contributed by atoms with Gasteiger partial charge in [0.1, 0.15) is 5.75 Å². The molecule has 0 saturated carbocycles. The smallest absolute Gasteiger partial charge is 0.338 e. The maximum Gasteiger partial charge on any atom is 0.338 e. The zero-order valence-electron chi connectivity index (χ0n) is 21.8. The third-order valence-electron chi connectivity index (χ3n) is 6.36. The summed E-state index contributed by atoms with van der Waals surface area (Å²) < 4.78 is 11.6. The maximum absolute atomic E-state index is 12.6. The Bertz CT molecular complexity index is 636. The van der Waals surface area contributed by atoms with Crippen molar-refractivity contribution >= 4 is 5.97 Å². The molecule has 0 aliphatic heterocycles. The predicted octanol–water partition coefficient (Wildman–Crippen LogP) is 8.90. The van der Waals surface area contributed by atoms with Gasteiger partial charge in [-0.25, -0.2) is 4.79 Å². The molecule has 0 atom stereocenters. The van der Waals surface area contributed by atoms with E-state index in [1.54, 1.807) is 0 Å². The lowest BCUT2D eigenvalue weighted by molar-refractivity contribution is 0.0524. The van der Waals surface area contributed by atoms with Crippen molar-refractivity contribution in [3.05, 3.63) is 28.3 Å². The van der Waals surface area contributed by atoms with Gasteiger partial charge in [-0.15, -0.1) is 0 Å². The number of rotatable bonds is 19. The highest BCUT2D eigenvalue weighted by atomic mass is 16.5. The van der Waals surface area contributed by atoms with Gasteiger partial charge < -0.3 is 9.47 Å². The van der Waals surface area contributed by atoms with Crippen LogP contribution in [0.25, 0.3) is 0 Å². The van der Waals surface area contributed by atoms with Crippen molar-refractivity contribution in [3.63, 3.8) is 0 Å². The van der Waals surface area contributed by atoms with Gasteiger partial charge in [0, 0.05) is 0 Å². The van der Waals surface area contributed by atoms with Gasteiger partial charge in [-0.05, 0) is 62.8 Å². The molecule has 3 nitrogen and oxygen atoms in total. The van der Waals surface area contributed by atoms with Gasteiger partial charge in [0.2, 0.25) is 0 Å². The fraction of sp³-hybridized carbons (Fsp3) is 0.759. The SMILES string of the molecule is CCCCCCCCCCCCc1c(C(=O)OCC)cc(C)c(OCCCCCC)c1C. The minimum absolute atomic E-state index is 0.199. The van der Waals surface area contributed by atoms with Gasteiger partial charge in [-0.3, -0.25) is 0 Å². The van der Waals surface area contributed by atoms with E-state index in [2.05, 4.69) is 20.8 Å². The number of carbonyl (C=O) groups is 1.